The molecule has 0 bridgehead atoms. The lowest BCUT2D eigenvalue weighted by molar-refractivity contribution is 0.0698. The number of benzene rings is 1. The van der Waals surface area contributed by atoms with Crippen LogP contribution in [0.1, 0.15) is 68.7 Å². The molecule has 2 aromatic rings. The number of carboxylic acid groups (broad SMARTS) is 1. The molecule has 0 radical (unpaired) electrons. The summed E-state index contributed by atoms with van der Waals surface area (Å²) in [7, 11) is 0. The summed E-state index contributed by atoms with van der Waals surface area (Å²) in [5, 5.41) is 9.43. The second kappa shape index (κ2) is 5.65. The Morgan fingerprint density at radius 3 is 2.60 bits per heavy atom. The van der Waals surface area contributed by atoms with E-state index < -0.39 is 5.97 Å². The maximum Gasteiger partial charge on any atom is 0.337 e. The standard InChI is InChI=1S/C16H22N2O2/c1-5-7-11(4)18-14-12(16(19)20)8-6-9-13(14)17-15(18)10(2)3/h6,8-11H,5,7H2,1-4H3,(H,19,20). The Morgan fingerprint density at radius 1 is 1.35 bits per heavy atom. The highest BCUT2D eigenvalue weighted by molar-refractivity contribution is 6.01. The Hall–Kier alpha value is -1.84. The topological polar surface area (TPSA) is 55.1 Å². The van der Waals surface area contributed by atoms with Crippen LogP contribution in [0.15, 0.2) is 18.2 Å². The van der Waals surface area contributed by atoms with Gasteiger partial charge in [0, 0.05) is 12.0 Å². The number of aromatic carboxylic acids is 1. The Bertz CT molecular complexity index is 629. The van der Waals surface area contributed by atoms with Gasteiger partial charge in [-0.3, -0.25) is 0 Å². The molecule has 1 aromatic carbocycles. The minimum absolute atomic E-state index is 0.253. The Labute approximate surface area is 119 Å². The first kappa shape index (κ1) is 14.6. The SMILES string of the molecule is CCCC(C)n1c(C(C)C)nc2cccc(C(=O)O)c21. The van der Waals surface area contributed by atoms with Crippen molar-refractivity contribution in [3.8, 4) is 0 Å². The highest BCUT2D eigenvalue weighted by Gasteiger charge is 2.21. The lowest BCUT2D eigenvalue weighted by Gasteiger charge is -2.19. The fraction of sp³-hybridized carbons (Fsp3) is 0.500. The molecule has 1 unspecified atom stereocenters. The predicted molar refractivity (Wildman–Crippen MR) is 80.4 cm³/mol. The van der Waals surface area contributed by atoms with E-state index in [9.17, 15) is 9.90 Å². The quantitative estimate of drug-likeness (QED) is 0.888. The van der Waals surface area contributed by atoms with Gasteiger partial charge in [-0.2, -0.15) is 0 Å². The van der Waals surface area contributed by atoms with Gasteiger partial charge in [0.2, 0.25) is 0 Å². The zero-order valence-electron chi connectivity index (χ0n) is 12.6. The van der Waals surface area contributed by atoms with Crippen molar-refractivity contribution in [1.29, 1.82) is 0 Å². The number of para-hydroxylation sites is 1. The molecule has 2 rings (SSSR count). The van der Waals surface area contributed by atoms with E-state index >= 15 is 0 Å². The zero-order valence-corrected chi connectivity index (χ0v) is 12.6. The molecule has 4 nitrogen and oxygen atoms in total. The molecule has 1 aromatic heterocycles. The van der Waals surface area contributed by atoms with Crippen LogP contribution in [0, 0.1) is 0 Å². The van der Waals surface area contributed by atoms with Crippen molar-refractivity contribution in [1.82, 2.24) is 9.55 Å². The van der Waals surface area contributed by atoms with Gasteiger partial charge in [0.15, 0.2) is 0 Å². The summed E-state index contributed by atoms with van der Waals surface area (Å²) in [5.74, 6) is 0.341. The van der Waals surface area contributed by atoms with Crippen molar-refractivity contribution >= 4 is 17.0 Å². The van der Waals surface area contributed by atoms with Gasteiger partial charge >= 0.3 is 5.97 Å². The van der Waals surface area contributed by atoms with Gasteiger partial charge in [0.1, 0.15) is 5.82 Å². The van der Waals surface area contributed by atoms with E-state index in [4.69, 9.17) is 0 Å². The summed E-state index contributed by atoms with van der Waals surface area (Å²) in [5.41, 5.74) is 1.87. The molecule has 0 aliphatic rings. The molecule has 1 heterocycles. The van der Waals surface area contributed by atoms with Crippen LogP contribution in [-0.4, -0.2) is 20.6 Å². The molecule has 0 aliphatic heterocycles. The average Bonchev–Trinajstić information content (AvgIpc) is 2.78. The molecule has 108 valence electrons. The van der Waals surface area contributed by atoms with Crippen molar-refractivity contribution in [2.45, 2.75) is 52.5 Å². The molecule has 0 fully saturated rings. The fourth-order valence-electron chi connectivity index (χ4n) is 2.74. The number of fused-ring (bicyclic) bond motifs is 1. The van der Waals surface area contributed by atoms with Crippen LogP contribution in [0.25, 0.3) is 11.0 Å². The molecule has 0 spiro atoms. The van der Waals surface area contributed by atoms with Gasteiger partial charge < -0.3 is 9.67 Å². The monoisotopic (exact) mass is 274 g/mol. The second-order valence-electron chi connectivity index (χ2n) is 5.61. The Morgan fingerprint density at radius 2 is 2.05 bits per heavy atom. The lowest BCUT2D eigenvalue weighted by Crippen LogP contribution is -2.12. The molecule has 20 heavy (non-hydrogen) atoms. The van der Waals surface area contributed by atoms with Gasteiger partial charge in [0.05, 0.1) is 16.6 Å². The first-order chi connectivity index (χ1) is 9.47. The number of carbonyl (C=O) groups is 1. The second-order valence-corrected chi connectivity index (χ2v) is 5.61. The normalized spacial score (nSPS) is 13.1. The van der Waals surface area contributed by atoms with Crippen LogP contribution < -0.4 is 0 Å². The van der Waals surface area contributed by atoms with Gasteiger partial charge in [-0.25, -0.2) is 9.78 Å². The molecular weight excluding hydrogens is 252 g/mol. The maximum absolute atomic E-state index is 11.5. The number of carboxylic acids is 1. The van der Waals surface area contributed by atoms with Crippen molar-refractivity contribution < 1.29 is 9.90 Å². The van der Waals surface area contributed by atoms with Crippen LogP contribution >= 0.6 is 0 Å². The van der Waals surface area contributed by atoms with E-state index in [-0.39, 0.29) is 12.0 Å². The summed E-state index contributed by atoms with van der Waals surface area (Å²) < 4.78 is 2.12. The summed E-state index contributed by atoms with van der Waals surface area (Å²) >= 11 is 0. The van der Waals surface area contributed by atoms with Crippen LogP contribution in [0.5, 0.6) is 0 Å². The van der Waals surface area contributed by atoms with Gasteiger partial charge in [-0.05, 0) is 25.5 Å². The fourth-order valence-corrected chi connectivity index (χ4v) is 2.74. The van der Waals surface area contributed by atoms with E-state index in [0.29, 0.717) is 5.56 Å². The van der Waals surface area contributed by atoms with Crippen LogP contribution in [0.4, 0.5) is 0 Å². The predicted octanol–water partition coefficient (Wildman–Crippen LogP) is 4.22. The molecule has 1 atom stereocenters. The van der Waals surface area contributed by atoms with E-state index in [1.165, 1.54) is 0 Å². The molecule has 0 saturated carbocycles. The third-order valence-corrected chi connectivity index (χ3v) is 3.63. The van der Waals surface area contributed by atoms with Crippen molar-refractivity contribution in [2.24, 2.45) is 0 Å². The molecule has 1 N–H and O–H groups in total. The summed E-state index contributed by atoms with van der Waals surface area (Å²) in [6.45, 7) is 8.46. The Kier molecular flexibility index (Phi) is 4.12. The zero-order chi connectivity index (χ0) is 14.9. The molecule has 4 heteroatoms. The minimum Gasteiger partial charge on any atom is -0.478 e. The highest BCUT2D eigenvalue weighted by Crippen LogP contribution is 2.30. The number of imidazole rings is 1. The first-order valence-electron chi connectivity index (χ1n) is 7.21. The molecule has 0 aliphatic carbocycles. The van der Waals surface area contributed by atoms with Crippen molar-refractivity contribution in [3.63, 3.8) is 0 Å². The number of aromatic nitrogens is 2. The number of hydrogen-bond donors (Lipinski definition) is 1. The average molecular weight is 274 g/mol. The first-order valence-corrected chi connectivity index (χ1v) is 7.21. The van der Waals surface area contributed by atoms with E-state index in [0.717, 1.165) is 29.7 Å². The summed E-state index contributed by atoms with van der Waals surface area (Å²) in [6, 6.07) is 5.56. The minimum atomic E-state index is -0.893. The van der Waals surface area contributed by atoms with Crippen LogP contribution in [-0.2, 0) is 0 Å². The summed E-state index contributed by atoms with van der Waals surface area (Å²) in [4.78, 5) is 16.1. The van der Waals surface area contributed by atoms with E-state index in [1.807, 2.05) is 6.07 Å². The maximum atomic E-state index is 11.5. The smallest absolute Gasteiger partial charge is 0.337 e. The van der Waals surface area contributed by atoms with Gasteiger partial charge in [-0.1, -0.05) is 33.3 Å². The summed E-state index contributed by atoms with van der Waals surface area (Å²) in [6.07, 6.45) is 2.08. The van der Waals surface area contributed by atoms with Gasteiger partial charge in [0.25, 0.3) is 0 Å². The number of rotatable bonds is 5. The third kappa shape index (κ3) is 2.42. The van der Waals surface area contributed by atoms with Crippen LogP contribution in [0.2, 0.25) is 0 Å². The number of hydrogen-bond acceptors (Lipinski definition) is 2. The van der Waals surface area contributed by atoms with Crippen LogP contribution in [0.3, 0.4) is 0 Å². The largest absolute Gasteiger partial charge is 0.478 e. The van der Waals surface area contributed by atoms with E-state index in [2.05, 4.69) is 37.2 Å². The Balaban J connectivity index is 2.77. The number of nitrogens with zero attached hydrogens (tertiary/aromatic N) is 2. The lowest BCUT2D eigenvalue weighted by atomic mass is 10.1. The van der Waals surface area contributed by atoms with Crippen molar-refractivity contribution in [2.75, 3.05) is 0 Å². The van der Waals surface area contributed by atoms with Gasteiger partial charge in [-0.15, -0.1) is 0 Å². The van der Waals surface area contributed by atoms with E-state index in [1.54, 1.807) is 12.1 Å². The van der Waals surface area contributed by atoms with Crippen molar-refractivity contribution in [3.05, 3.63) is 29.6 Å². The third-order valence-electron chi connectivity index (χ3n) is 3.63. The molecule has 0 saturated heterocycles. The molecule has 0 amide bonds. The highest BCUT2D eigenvalue weighted by atomic mass is 16.4. The molecular formula is C16H22N2O2.